The van der Waals surface area contributed by atoms with E-state index in [2.05, 4.69) is 0 Å². The van der Waals surface area contributed by atoms with Crippen LogP contribution in [0.3, 0.4) is 0 Å². The lowest BCUT2D eigenvalue weighted by atomic mass is 9.95. The molecule has 2 aromatic rings. The quantitative estimate of drug-likeness (QED) is 0.672. The molecule has 1 aliphatic rings. The summed E-state index contributed by atoms with van der Waals surface area (Å²) in [6.07, 6.45) is 6.29. The third kappa shape index (κ3) is 3.92. The first-order valence-electron chi connectivity index (χ1n) is 8.81. The first-order valence-corrected chi connectivity index (χ1v) is 8.81. The van der Waals surface area contributed by atoms with Crippen molar-refractivity contribution < 1.29 is 14.7 Å². The number of hydrogen-bond acceptors (Lipinski definition) is 3. The number of nitrogens with zero attached hydrogens (tertiary/aromatic N) is 2. The molecule has 1 aliphatic heterocycles. The number of piperidine rings is 1. The van der Waals surface area contributed by atoms with E-state index in [1.165, 1.54) is 0 Å². The third-order valence-electron chi connectivity index (χ3n) is 4.94. The maximum Gasteiger partial charge on any atom is 0.296 e. The van der Waals surface area contributed by atoms with Crippen LogP contribution in [0.25, 0.3) is 0 Å². The number of ketones is 1. The largest absolute Gasteiger partial charge is 0.508 e. The lowest BCUT2D eigenvalue weighted by Crippen LogP contribution is -2.47. The third-order valence-corrected chi connectivity index (χ3v) is 4.94. The van der Waals surface area contributed by atoms with Crippen molar-refractivity contribution in [1.29, 1.82) is 0 Å². The van der Waals surface area contributed by atoms with Gasteiger partial charge < -0.3 is 14.6 Å². The number of rotatable bonds is 5. The van der Waals surface area contributed by atoms with Crippen LogP contribution < -0.4 is 0 Å². The van der Waals surface area contributed by atoms with Gasteiger partial charge in [0.2, 0.25) is 0 Å². The molecule has 1 fully saturated rings. The topological polar surface area (TPSA) is 62.5 Å². The summed E-state index contributed by atoms with van der Waals surface area (Å²) in [5, 5.41) is 9.58. The van der Waals surface area contributed by atoms with Crippen LogP contribution in [0.15, 0.2) is 42.6 Å². The van der Waals surface area contributed by atoms with Crippen LogP contribution in [0.2, 0.25) is 0 Å². The number of hydrogen-bond donors (Lipinski definition) is 1. The Hall–Kier alpha value is -2.56. The molecule has 132 valence electrons. The van der Waals surface area contributed by atoms with E-state index in [4.69, 9.17) is 0 Å². The number of amides is 1. The molecule has 3 rings (SSSR count). The second kappa shape index (κ2) is 7.55. The molecule has 1 aromatic heterocycles. The van der Waals surface area contributed by atoms with Crippen LogP contribution in [0.1, 0.15) is 41.7 Å². The van der Waals surface area contributed by atoms with Gasteiger partial charge in [0.25, 0.3) is 11.7 Å². The number of benzene rings is 1. The van der Waals surface area contributed by atoms with Crippen molar-refractivity contribution in [3.8, 4) is 5.75 Å². The van der Waals surface area contributed by atoms with Crippen molar-refractivity contribution in [2.24, 2.45) is 7.05 Å². The van der Waals surface area contributed by atoms with Gasteiger partial charge >= 0.3 is 0 Å². The lowest BCUT2D eigenvalue weighted by molar-refractivity contribution is -0.130. The SMILES string of the molecule is Cn1cccc1C(=O)C(=O)N1CCCCC1CCc1cccc(O)c1. The highest BCUT2D eigenvalue weighted by Crippen LogP contribution is 2.23. The van der Waals surface area contributed by atoms with E-state index in [0.717, 1.165) is 37.7 Å². The van der Waals surface area contributed by atoms with E-state index < -0.39 is 11.7 Å². The zero-order chi connectivity index (χ0) is 17.8. The smallest absolute Gasteiger partial charge is 0.296 e. The van der Waals surface area contributed by atoms with Gasteiger partial charge in [0.15, 0.2) is 0 Å². The van der Waals surface area contributed by atoms with Crippen molar-refractivity contribution >= 4 is 11.7 Å². The van der Waals surface area contributed by atoms with Crippen molar-refractivity contribution in [2.45, 2.75) is 38.1 Å². The van der Waals surface area contributed by atoms with Crippen LogP contribution in [-0.4, -0.2) is 38.9 Å². The first-order chi connectivity index (χ1) is 12.1. The monoisotopic (exact) mass is 340 g/mol. The van der Waals surface area contributed by atoms with Crippen LogP contribution in [0, 0.1) is 0 Å². The van der Waals surface area contributed by atoms with E-state index in [1.807, 2.05) is 12.1 Å². The molecular formula is C20H24N2O3. The van der Waals surface area contributed by atoms with E-state index in [-0.39, 0.29) is 11.8 Å². The molecule has 1 atom stereocenters. The number of carbonyl (C=O) groups is 2. The van der Waals surface area contributed by atoms with Crippen molar-refractivity contribution in [3.05, 3.63) is 53.9 Å². The summed E-state index contributed by atoms with van der Waals surface area (Å²) in [4.78, 5) is 27.0. The van der Waals surface area contributed by atoms with Crippen LogP contribution in [-0.2, 0) is 18.3 Å². The Morgan fingerprint density at radius 3 is 2.76 bits per heavy atom. The highest BCUT2D eigenvalue weighted by Gasteiger charge is 2.31. The second-order valence-electron chi connectivity index (χ2n) is 6.69. The molecule has 2 heterocycles. The minimum Gasteiger partial charge on any atom is -0.508 e. The number of carbonyl (C=O) groups excluding carboxylic acids is 2. The number of aromatic nitrogens is 1. The van der Waals surface area contributed by atoms with E-state index in [0.29, 0.717) is 12.2 Å². The molecule has 0 aliphatic carbocycles. The maximum atomic E-state index is 12.7. The number of phenolic OH excluding ortho intramolecular Hbond substituents is 1. The van der Waals surface area contributed by atoms with E-state index in [9.17, 15) is 14.7 Å². The summed E-state index contributed by atoms with van der Waals surface area (Å²) in [5.74, 6) is -0.577. The maximum absolute atomic E-state index is 12.7. The standard InChI is InChI=1S/C20H24N2O3/c1-21-12-5-9-18(21)19(24)20(25)22-13-3-2-7-16(22)11-10-15-6-4-8-17(23)14-15/h4-6,8-9,12,14,16,23H,2-3,7,10-11,13H2,1H3. The fraction of sp³-hybridized carbons (Fsp3) is 0.400. The van der Waals surface area contributed by atoms with Gasteiger partial charge in [-0.2, -0.15) is 0 Å². The zero-order valence-electron chi connectivity index (χ0n) is 14.5. The number of aromatic hydroxyl groups is 1. The average molecular weight is 340 g/mol. The van der Waals surface area contributed by atoms with Gasteiger partial charge in [-0.05, 0) is 61.9 Å². The van der Waals surface area contributed by atoms with Gasteiger partial charge in [-0.25, -0.2) is 0 Å². The number of phenols is 1. The molecule has 1 N–H and O–H groups in total. The Bertz CT molecular complexity index is 766. The van der Waals surface area contributed by atoms with Gasteiger partial charge in [0.05, 0.1) is 5.69 Å². The summed E-state index contributed by atoms with van der Waals surface area (Å²) < 4.78 is 1.69. The molecule has 0 radical (unpaired) electrons. The Kier molecular flexibility index (Phi) is 5.22. The molecule has 5 heteroatoms. The zero-order valence-corrected chi connectivity index (χ0v) is 14.5. The number of likely N-dealkylation sites (tertiary alicyclic amines) is 1. The number of Topliss-reactive ketones (excluding diaryl/α,β-unsaturated/α-hetero) is 1. The normalized spacial score (nSPS) is 17.5. The first kappa shape index (κ1) is 17.3. The molecule has 25 heavy (non-hydrogen) atoms. The van der Waals surface area contributed by atoms with Gasteiger partial charge in [-0.15, -0.1) is 0 Å². The van der Waals surface area contributed by atoms with E-state index in [1.54, 1.807) is 47.0 Å². The van der Waals surface area contributed by atoms with Crippen molar-refractivity contribution in [3.63, 3.8) is 0 Å². The molecule has 1 saturated heterocycles. The molecule has 0 saturated carbocycles. The summed E-state index contributed by atoms with van der Waals surface area (Å²) in [7, 11) is 1.77. The molecule has 5 nitrogen and oxygen atoms in total. The minimum absolute atomic E-state index is 0.0767. The second-order valence-corrected chi connectivity index (χ2v) is 6.69. The van der Waals surface area contributed by atoms with Crippen LogP contribution in [0.5, 0.6) is 5.75 Å². The summed E-state index contributed by atoms with van der Waals surface area (Å²) in [6, 6.07) is 10.7. The number of aryl methyl sites for hydroxylation is 2. The summed E-state index contributed by atoms with van der Waals surface area (Å²) in [5.41, 5.74) is 1.48. The lowest BCUT2D eigenvalue weighted by Gasteiger charge is -2.35. The van der Waals surface area contributed by atoms with Crippen molar-refractivity contribution in [2.75, 3.05) is 6.54 Å². The van der Waals surface area contributed by atoms with Gasteiger partial charge in [-0.3, -0.25) is 9.59 Å². The molecule has 0 bridgehead atoms. The minimum atomic E-state index is -0.434. The average Bonchev–Trinajstić information content (AvgIpc) is 3.05. The fourth-order valence-corrected chi connectivity index (χ4v) is 3.55. The molecule has 0 spiro atoms. The molecule has 1 aromatic carbocycles. The predicted octanol–water partition coefficient (Wildman–Crippen LogP) is 2.93. The van der Waals surface area contributed by atoms with Crippen molar-refractivity contribution in [1.82, 2.24) is 9.47 Å². The Labute approximate surface area is 147 Å². The molecule has 1 amide bonds. The van der Waals surface area contributed by atoms with E-state index >= 15 is 0 Å². The Balaban J connectivity index is 1.69. The summed E-state index contributed by atoms with van der Waals surface area (Å²) >= 11 is 0. The molecular weight excluding hydrogens is 316 g/mol. The van der Waals surface area contributed by atoms with Crippen LogP contribution in [0.4, 0.5) is 0 Å². The van der Waals surface area contributed by atoms with Crippen LogP contribution >= 0.6 is 0 Å². The highest BCUT2D eigenvalue weighted by molar-refractivity contribution is 6.42. The van der Waals surface area contributed by atoms with Gasteiger partial charge in [-0.1, -0.05) is 12.1 Å². The van der Waals surface area contributed by atoms with Gasteiger partial charge in [0, 0.05) is 25.8 Å². The molecule has 1 unspecified atom stereocenters. The highest BCUT2D eigenvalue weighted by atomic mass is 16.3. The summed E-state index contributed by atoms with van der Waals surface area (Å²) in [6.45, 7) is 0.639. The predicted molar refractivity (Wildman–Crippen MR) is 95.5 cm³/mol. The Morgan fingerprint density at radius 1 is 1.20 bits per heavy atom. The fourth-order valence-electron chi connectivity index (χ4n) is 3.55. The Morgan fingerprint density at radius 2 is 2.04 bits per heavy atom. The van der Waals surface area contributed by atoms with Gasteiger partial charge in [0.1, 0.15) is 5.75 Å².